The van der Waals surface area contributed by atoms with Crippen LogP contribution >= 0.6 is 0 Å². The molecule has 1 fully saturated rings. The standard InChI is InChI=1S/C18H28N2O2/c1-17(2,19)12-20-10-8-18(9-11-20)14-7-5-4-6-13(14)15(22-3)16(18)21/h4-7,15-16,21H,8-12,19H2,1-3H3/t15-,16+/m1/s1. The molecule has 1 heterocycles. The lowest BCUT2D eigenvalue weighted by Gasteiger charge is -2.44. The van der Waals surface area contributed by atoms with Gasteiger partial charge in [-0.15, -0.1) is 0 Å². The molecule has 1 aliphatic heterocycles. The minimum Gasteiger partial charge on any atom is -0.389 e. The van der Waals surface area contributed by atoms with Crippen molar-refractivity contribution in [1.29, 1.82) is 0 Å². The summed E-state index contributed by atoms with van der Waals surface area (Å²) in [7, 11) is 1.69. The van der Waals surface area contributed by atoms with Crippen LogP contribution in [0.5, 0.6) is 0 Å². The molecule has 2 aliphatic rings. The second kappa shape index (κ2) is 5.60. The smallest absolute Gasteiger partial charge is 0.109 e. The first-order valence-corrected chi connectivity index (χ1v) is 8.19. The highest BCUT2D eigenvalue weighted by Gasteiger charge is 2.52. The fraction of sp³-hybridized carbons (Fsp3) is 0.667. The van der Waals surface area contributed by atoms with Gasteiger partial charge < -0.3 is 20.5 Å². The Bertz CT molecular complexity index is 530. The summed E-state index contributed by atoms with van der Waals surface area (Å²) in [5, 5.41) is 10.9. The third-order valence-electron chi connectivity index (χ3n) is 5.29. The third-order valence-corrected chi connectivity index (χ3v) is 5.29. The van der Waals surface area contributed by atoms with Gasteiger partial charge in [0.15, 0.2) is 0 Å². The molecule has 1 saturated heterocycles. The van der Waals surface area contributed by atoms with Crippen LogP contribution in [0.25, 0.3) is 0 Å². The van der Waals surface area contributed by atoms with Crippen LogP contribution in [0, 0.1) is 0 Å². The fourth-order valence-electron chi connectivity index (χ4n) is 4.33. The number of piperidine rings is 1. The highest BCUT2D eigenvalue weighted by molar-refractivity contribution is 5.44. The van der Waals surface area contributed by atoms with E-state index < -0.39 is 6.10 Å². The Balaban J connectivity index is 1.83. The average Bonchev–Trinajstić information content (AvgIpc) is 2.70. The van der Waals surface area contributed by atoms with Gasteiger partial charge in [0.2, 0.25) is 0 Å². The van der Waals surface area contributed by atoms with E-state index in [-0.39, 0.29) is 17.1 Å². The number of benzene rings is 1. The first-order valence-electron chi connectivity index (χ1n) is 8.19. The summed E-state index contributed by atoms with van der Waals surface area (Å²) >= 11 is 0. The lowest BCUT2D eigenvalue weighted by atomic mass is 9.72. The van der Waals surface area contributed by atoms with Crippen LogP contribution in [0.3, 0.4) is 0 Å². The topological polar surface area (TPSA) is 58.7 Å². The maximum Gasteiger partial charge on any atom is 0.109 e. The van der Waals surface area contributed by atoms with Crippen molar-refractivity contribution >= 4 is 0 Å². The first kappa shape index (κ1) is 15.9. The number of fused-ring (bicyclic) bond motifs is 2. The summed E-state index contributed by atoms with van der Waals surface area (Å²) in [4.78, 5) is 2.42. The summed E-state index contributed by atoms with van der Waals surface area (Å²) in [6.07, 6.45) is 1.26. The normalized spacial score (nSPS) is 28.0. The number of methoxy groups -OCH3 is 1. The Morgan fingerprint density at radius 2 is 1.95 bits per heavy atom. The van der Waals surface area contributed by atoms with Crippen LogP contribution in [0.4, 0.5) is 0 Å². The molecule has 22 heavy (non-hydrogen) atoms. The molecule has 122 valence electrons. The summed E-state index contributed by atoms with van der Waals surface area (Å²) in [5.74, 6) is 0. The Hall–Kier alpha value is -0.940. The first-order chi connectivity index (χ1) is 10.4. The molecule has 1 spiro atoms. The molecule has 0 saturated carbocycles. The van der Waals surface area contributed by atoms with Crippen LogP contribution < -0.4 is 5.73 Å². The van der Waals surface area contributed by atoms with Crippen LogP contribution in [0.2, 0.25) is 0 Å². The van der Waals surface area contributed by atoms with Crippen LogP contribution in [-0.2, 0) is 10.2 Å². The predicted octanol–water partition coefficient (Wildman–Crippen LogP) is 1.82. The number of aliphatic hydroxyl groups excluding tert-OH is 1. The van der Waals surface area contributed by atoms with E-state index >= 15 is 0 Å². The zero-order valence-corrected chi connectivity index (χ0v) is 13.9. The Labute approximate surface area is 133 Å². The van der Waals surface area contributed by atoms with Gasteiger partial charge in [-0.3, -0.25) is 0 Å². The van der Waals surface area contributed by atoms with E-state index in [4.69, 9.17) is 10.5 Å². The minimum atomic E-state index is -0.456. The van der Waals surface area contributed by atoms with Gasteiger partial charge in [-0.1, -0.05) is 24.3 Å². The molecule has 1 aromatic rings. The van der Waals surface area contributed by atoms with E-state index in [0.29, 0.717) is 0 Å². The monoisotopic (exact) mass is 304 g/mol. The van der Waals surface area contributed by atoms with Crippen LogP contribution in [-0.4, -0.2) is 48.4 Å². The van der Waals surface area contributed by atoms with E-state index in [9.17, 15) is 5.11 Å². The minimum absolute atomic E-state index is 0.160. The van der Waals surface area contributed by atoms with Gasteiger partial charge >= 0.3 is 0 Å². The highest BCUT2D eigenvalue weighted by atomic mass is 16.5. The number of rotatable bonds is 3. The SMILES string of the molecule is CO[C@@H]1c2ccccc2C2(CCN(CC(C)(C)N)CC2)[C@H]1O. The maximum absolute atomic E-state index is 10.9. The quantitative estimate of drug-likeness (QED) is 0.894. The van der Waals surface area contributed by atoms with Crippen molar-refractivity contribution in [2.45, 2.75) is 49.9 Å². The molecule has 2 atom stereocenters. The van der Waals surface area contributed by atoms with Crippen molar-refractivity contribution in [3.05, 3.63) is 35.4 Å². The van der Waals surface area contributed by atoms with Crippen LogP contribution in [0.15, 0.2) is 24.3 Å². The second-order valence-corrected chi connectivity index (χ2v) is 7.61. The van der Waals surface area contributed by atoms with Gasteiger partial charge in [-0.05, 0) is 50.9 Å². The summed E-state index contributed by atoms with van der Waals surface area (Å²) in [6, 6.07) is 8.36. The lowest BCUT2D eigenvalue weighted by molar-refractivity contribution is -0.0554. The zero-order valence-electron chi connectivity index (χ0n) is 13.9. The fourth-order valence-corrected chi connectivity index (χ4v) is 4.33. The Kier molecular flexibility index (Phi) is 4.06. The van der Waals surface area contributed by atoms with E-state index in [1.54, 1.807) is 7.11 Å². The van der Waals surface area contributed by atoms with Gasteiger partial charge in [0.25, 0.3) is 0 Å². The second-order valence-electron chi connectivity index (χ2n) is 7.61. The molecule has 0 aromatic heterocycles. The molecule has 1 aliphatic carbocycles. The predicted molar refractivity (Wildman–Crippen MR) is 87.8 cm³/mol. The molecular formula is C18H28N2O2. The Morgan fingerprint density at radius 1 is 1.32 bits per heavy atom. The summed E-state index contributed by atoms with van der Waals surface area (Å²) in [5.41, 5.74) is 8.25. The number of hydrogen-bond donors (Lipinski definition) is 2. The van der Waals surface area contributed by atoms with Crippen molar-refractivity contribution in [2.75, 3.05) is 26.7 Å². The number of nitrogens with two attached hydrogens (primary N) is 1. The third kappa shape index (κ3) is 2.58. The highest BCUT2D eigenvalue weighted by Crippen LogP contribution is 2.51. The number of likely N-dealkylation sites (tertiary alicyclic amines) is 1. The van der Waals surface area contributed by atoms with Crippen molar-refractivity contribution in [3.63, 3.8) is 0 Å². The molecule has 4 heteroatoms. The molecule has 0 amide bonds. The van der Waals surface area contributed by atoms with E-state index in [0.717, 1.165) is 38.0 Å². The largest absolute Gasteiger partial charge is 0.389 e. The summed E-state index contributed by atoms with van der Waals surface area (Å²) in [6.45, 7) is 6.98. The van der Waals surface area contributed by atoms with E-state index in [1.165, 1.54) is 5.56 Å². The number of aliphatic hydroxyl groups is 1. The van der Waals surface area contributed by atoms with Gasteiger partial charge in [0, 0.05) is 24.6 Å². The molecule has 0 radical (unpaired) electrons. The van der Waals surface area contributed by atoms with Crippen LogP contribution in [0.1, 0.15) is 43.9 Å². The molecule has 1 aromatic carbocycles. The molecule has 4 nitrogen and oxygen atoms in total. The molecule has 3 rings (SSSR count). The van der Waals surface area contributed by atoms with Gasteiger partial charge in [-0.25, -0.2) is 0 Å². The summed E-state index contributed by atoms with van der Waals surface area (Å²) < 4.78 is 5.60. The molecule has 0 bridgehead atoms. The van der Waals surface area contributed by atoms with Crippen molar-refractivity contribution in [1.82, 2.24) is 4.90 Å². The van der Waals surface area contributed by atoms with Gasteiger partial charge in [0.05, 0.1) is 6.10 Å². The van der Waals surface area contributed by atoms with Crippen molar-refractivity contribution < 1.29 is 9.84 Å². The molecular weight excluding hydrogens is 276 g/mol. The van der Waals surface area contributed by atoms with Gasteiger partial charge in [0.1, 0.15) is 6.10 Å². The average molecular weight is 304 g/mol. The number of ether oxygens (including phenoxy) is 1. The number of hydrogen-bond acceptors (Lipinski definition) is 4. The lowest BCUT2D eigenvalue weighted by Crippen LogP contribution is -2.52. The van der Waals surface area contributed by atoms with Crippen molar-refractivity contribution in [3.8, 4) is 0 Å². The maximum atomic E-state index is 10.9. The molecule has 0 unspecified atom stereocenters. The number of nitrogens with zero attached hydrogens (tertiary/aromatic N) is 1. The molecule has 3 N–H and O–H groups in total. The van der Waals surface area contributed by atoms with Crippen molar-refractivity contribution in [2.24, 2.45) is 5.73 Å². The Morgan fingerprint density at radius 3 is 2.55 bits per heavy atom. The van der Waals surface area contributed by atoms with E-state index in [2.05, 4.69) is 36.9 Å². The van der Waals surface area contributed by atoms with E-state index in [1.807, 2.05) is 6.07 Å². The zero-order chi connectivity index (χ0) is 16.0. The van der Waals surface area contributed by atoms with Gasteiger partial charge in [-0.2, -0.15) is 0 Å².